The van der Waals surface area contributed by atoms with E-state index in [-0.39, 0.29) is 44.6 Å². The van der Waals surface area contributed by atoms with Crippen LogP contribution in [0.4, 0.5) is 0 Å². The fraction of sp³-hybridized carbons (Fsp3) is 0.231. The largest absolute Gasteiger partial charge is 0.790 e. The Kier molecular flexibility index (Phi) is 175. The maximum atomic E-state index is 7.50. The van der Waals surface area contributed by atoms with Gasteiger partial charge >= 0.3 is 67.8 Å². The van der Waals surface area contributed by atoms with E-state index in [9.17, 15) is 0 Å². The standard InChI is InChI=1S/C7H10S2.6CO.2Fe/c8-6-4-2-1-3-5-7(6)9;6*1-2;;/h1-4,6-9H,5H2;;;;;;;;/p-2. The van der Waals surface area contributed by atoms with Crippen LogP contribution in [0.1, 0.15) is 6.42 Å². The molecule has 0 saturated heterocycles. The molecule has 2 atom stereocenters. The molecule has 0 spiro atoms. The molecule has 0 aromatic rings. The van der Waals surface area contributed by atoms with Gasteiger partial charge in [0, 0.05) is 34.1 Å². The molecule has 2 unspecified atom stereocenters. The van der Waals surface area contributed by atoms with E-state index in [0.717, 1.165) is 6.42 Å². The zero-order valence-electron chi connectivity index (χ0n) is 11.1. The SMILES string of the molecule is [C-]#[O+].[C-]#[O+].[C-]#[O+].[C-]#[O+].[C-]#[O+].[C-]#[O+].[Fe].[Fe].[S-]C1C=CC=CCC1[S-]. The van der Waals surface area contributed by atoms with Gasteiger partial charge in [-0.05, 0) is 0 Å². The predicted molar refractivity (Wildman–Crippen MR) is 68.8 cm³/mol. The van der Waals surface area contributed by atoms with Crippen molar-refractivity contribution in [2.45, 2.75) is 16.9 Å². The summed E-state index contributed by atoms with van der Waals surface area (Å²) in [6.45, 7) is 27.0. The van der Waals surface area contributed by atoms with Gasteiger partial charge in [-0.25, -0.2) is 0 Å². The van der Waals surface area contributed by atoms with E-state index in [4.69, 9.17) is 53.2 Å². The molecule has 0 aromatic carbocycles. The zero-order chi connectivity index (χ0) is 18.7. The van der Waals surface area contributed by atoms with Gasteiger partial charge in [-0.15, -0.1) is 6.08 Å². The Bertz CT molecular complexity index is 312. The van der Waals surface area contributed by atoms with Crippen LogP contribution in [0.25, 0.3) is 0 Å². The van der Waals surface area contributed by atoms with Crippen LogP contribution in [0.15, 0.2) is 24.3 Å². The van der Waals surface area contributed by atoms with Gasteiger partial charge in [-0.2, -0.15) is 10.5 Å². The third kappa shape index (κ3) is 61.6. The first-order chi connectivity index (χ1) is 10.3. The molecule has 1 aliphatic rings. The molecule has 0 radical (unpaired) electrons. The summed E-state index contributed by atoms with van der Waals surface area (Å²) in [5, 5.41) is 0.366. The summed E-state index contributed by atoms with van der Waals surface area (Å²) in [6.07, 6.45) is 8.98. The first-order valence-electron chi connectivity index (χ1n) is 4.18. The van der Waals surface area contributed by atoms with Gasteiger partial charge < -0.3 is 25.3 Å². The van der Waals surface area contributed by atoms with Gasteiger partial charge in [0.25, 0.3) is 0 Å². The molecule has 6 nitrogen and oxygen atoms in total. The Morgan fingerprint density at radius 2 is 0.957 bits per heavy atom. The molecule has 0 aliphatic heterocycles. The summed E-state index contributed by atoms with van der Waals surface area (Å²) in [5.41, 5.74) is 0. The van der Waals surface area contributed by atoms with Gasteiger partial charge in [-0.3, -0.25) is 0 Å². The van der Waals surface area contributed by atoms with Crippen LogP contribution in [-0.4, -0.2) is 10.5 Å². The van der Waals surface area contributed by atoms with Gasteiger partial charge in [0.1, 0.15) is 0 Å². The third-order valence-electron chi connectivity index (χ3n) is 1.28. The van der Waals surface area contributed by atoms with E-state index in [2.05, 4.69) is 46.0 Å². The Labute approximate surface area is 168 Å². The minimum Gasteiger partial charge on any atom is -0.790 e. The van der Waals surface area contributed by atoms with Crippen molar-refractivity contribution in [2.24, 2.45) is 0 Å². The predicted octanol–water partition coefficient (Wildman–Crippen LogP) is 1.10. The molecule has 0 N–H and O–H groups in total. The molecule has 0 bridgehead atoms. The molecule has 1 aliphatic carbocycles. The molecule has 23 heavy (non-hydrogen) atoms. The second kappa shape index (κ2) is 81.4. The summed E-state index contributed by atoms with van der Waals surface area (Å²) in [5.74, 6) is 0. The van der Waals surface area contributed by atoms with Crippen molar-refractivity contribution in [1.82, 2.24) is 0 Å². The normalized spacial score (nSPS) is 14.0. The quantitative estimate of drug-likeness (QED) is 0.245. The van der Waals surface area contributed by atoms with Crippen LogP contribution in [0.5, 0.6) is 0 Å². The number of hydrogen-bond acceptors (Lipinski definition) is 2. The van der Waals surface area contributed by atoms with E-state index in [0.29, 0.717) is 0 Å². The van der Waals surface area contributed by atoms with E-state index in [1.54, 1.807) is 0 Å². The Balaban J connectivity index is -0.0000000232. The average Bonchev–Trinajstić information content (AvgIpc) is 2.83. The van der Waals surface area contributed by atoms with Crippen molar-refractivity contribution in [2.75, 3.05) is 0 Å². The van der Waals surface area contributed by atoms with Gasteiger partial charge in [0.15, 0.2) is 0 Å². The van der Waals surface area contributed by atoms with Crippen molar-refractivity contribution >= 4 is 25.3 Å². The van der Waals surface area contributed by atoms with Crippen LogP contribution in [0.3, 0.4) is 0 Å². The molecule has 0 amide bonds. The minimum absolute atomic E-state index is 0. The Morgan fingerprint density at radius 3 is 1.26 bits per heavy atom. The molecule has 1 rings (SSSR count). The van der Waals surface area contributed by atoms with Crippen LogP contribution in [0, 0.1) is 39.9 Å². The molecule has 10 heteroatoms. The smallest absolute Gasteiger partial charge is 0 e. The zero-order valence-corrected chi connectivity index (χ0v) is 15.0. The summed E-state index contributed by atoms with van der Waals surface area (Å²) in [7, 11) is 0. The second-order valence-corrected chi connectivity index (χ2v) is 3.20. The van der Waals surface area contributed by atoms with Crippen molar-refractivity contribution in [3.05, 3.63) is 64.2 Å². The van der Waals surface area contributed by atoms with Crippen molar-refractivity contribution in [1.29, 1.82) is 0 Å². The van der Waals surface area contributed by atoms with E-state index < -0.39 is 0 Å². The summed E-state index contributed by atoms with van der Waals surface area (Å²) in [6, 6.07) is 0. The molecular formula is C13H8Fe2O6S2-2. The molecular weight excluding hydrogens is 428 g/mol. The van der Waals surface area contributed by atoms with Crippen LogP contribution < -0.4 is 0 Å². The topological polar surface area (TPSA) is 119 Å². The molecule has 0 saturated carbocycles. The maximum absolute atomic E-state index is 7.50. The van der Waals surface area contributed by atoms with Crippen molar-refractivity contribution in [3.63, 3.8) is 0 Å². The maximum Gasteiger partial charge on any atom is 0 e. The number of hydrogen-bond donors (Lipinski definition) is 0. The second-order valence-electron chi connectivity index (χ2n) is 2.05. The van der Waals surface area contributed by atoms with Gasteiger partial charge in [0.2, 0.25) is 0 Å². The summed E-state index contributed by atoms with van der Waals surface area (Å²) in [4.78, 5) is 0. The Morgan fingerprint density at radius 1 is 0.652 bits per heavy atom. The van der Waals surface area contributed by atoms with Gasteiger partial charge in [-0.1, -0.05) is 24.6 Å². The van der Waals surface area contributed by atoms with Crippen molar-refractivity contribution in [3.8, 4) is 0 Å². The molecule has 0 fully saturated rings. The van der Waals surface area contributed by atoms with Crippen LogP contribution >= 0.6 is 0 Å². The third-order valence-corrected chi connectivity index (χ3v) is 2.43. The fourth-order valence-electron chi connectivity index (χ4n) is 0.723. The molecule has 0 aromatic heterocycles. The molecule has 0 heterocycles. The van der Waals surface area contributed by atoms with E-state index in [1.807, 2.05) is 18.2 Å². The number of rotatable bonds is 0. The monoisotopic (exact) mass is 436 g/mol. The molecule has 126 valence electrons. The van der Waals surface area contributed by atoms with Crippen LogP contribution in [-0.2, 0) is 87.3 Å². The fourth-order valence-corrected chi connectivity index (χ4v) is 1.13. The number of allylic oxidation sites excluding steroid dienone is 3. The summed E-state index contributed by atoms with van der Waals surface area (Å²) < 4.78 is 45.0. The minimum atomic E-state index is 0. The average molecular weight is 436 g/mol. The van der Waals surface area contributed by atoms with E-state index in [1.165, 1.54) is 0 Å². The van der Waals surface area contributed by atoms with Crippen molar-refractivity contribution < 1.29 is 62.1 Å². The first kappa shape index (κ1) is 49.5. The summed E-state index contributed by atoms with van der Waals surface area (Å²) >= 11 is 10.2. The van der Waals surface area contributed by atoms with Crippen LogP contribution in [0.2, 0.25) is 0 Å². The first-order valence-corrected chi connectivity index (χ1v) is 5.12. The Hall–Kier alpha value is -0.341. The van der Waals surface area contributed by atoms with E-state index >= 15 is 0 Å². The van der Waals surface area contributed by atoms with Gasteiger partial charge in [0.05, 0.1) is 0 Å².